The van der Waals surface area contributed by atoms with E-state index in [9.17, 15) is 13.6 Å². The molecule has 27 heavy (non-hydrogen) atoms. The van der Waals surface area contributed by atoms with Crippen LogP contribution in [-0.4, -0.2) is 34.9 Å². The van der Waals surface area contributed by atoms with Crippen molar-refractivity contribution in [2.45, 2.75) is 38.5 Å². The van der Waals surface area contributed by atoms with Gasteiger partial charge in [-0.1, -0.05) is 6.92 Å². The quantitative estimate of drug-likeness (QED) is 0.824. The molecule has 9 heteroatoms. The van der Waals surface area contributed by atoms with Crippen molar-refractivity contribution in [2.24, 2.45) is 5.92 Å². The van der Waals surface area contributed by atoms with E-state index in [0.717, 1.165) is 0 Å². The van der Waals surface area contributed by atoms with E-state index in [-0.39, 0.29) is 23.2 Å². The van der Waals surface area contributed by atoms with Gasteiger partial charge in [0.2, 0.25) is 11.7 Å². The third kappa shape index (κ3) is 3.57. The summed E-state index contributed by atoms with van der Waals surface area (Å²) >= 11 is 0. The number of ether oxygens (including phenoxy) is 2. The van der Waals surface area contributed by atoms with Crippen LogP contribution >= 0.6 is 0 Å². The number of carbonyl (C=O) groups is 1. The Morgan fingerprint density at radius 3 is 2.78 bits per heavy atom. The Morgan fingerprint density at radius 1 is 1.37 bits per heavy atom. The zero-order valence-electron chi connectivity index (χ0n) is 15.4. The topological polar surface area (TPSA) is 78.3 Å². The average Bonchev–Trinajstić information content (AvgIpc) is 3.08. The van der Waals surface area contributed by atoms with E-state index >= 15 is 0 Å². The number of pyridine rings is 1. The highest BCUT2D eigenvalue weighted by molar-refractivity contribution is 5.95. The summed E-state index contributed by atoms with van der Waals surface area (Å²) < 4.78 is 38.8. The average molecular weight is 380 g/mol. The summed E-state index contributed by atoms with van der Waals surface area (Å²) in [6, 6.07) is 3.21. The van der Waals surface area contributed by atoms with Crippen molar-refractivity contribution in [3.05, 3.63) is 30.2 Å². The molecule has 7 nitrogen and oxygen atoms in total. The highest BCUT2D eigenvalue weighted by atomic mass is 19.3. The smallest absolute Gasteiger partial charge is 0.333 e. The van der Waals surface area contributed by atoms with Gasteiger partial charge in [-0.3, -0.25) is 9.78 Å². The molecule has 2 aromatic rings. The number of amides is 1. The molecule has 0 spiro atoms. The molecule has 3 heterocycles. The summed E-state index contributed by atoms with van der Waals surface area (Å²) in [6.45, 7) is -1.07. The summed E-state index contributed by atoms with van der Waals surface area (Å²) in [5.41, 5.74) is 1.23. The van der Waals surface area contributed by atoms with Gasteiger partial charge >= 0.3 is 6.55 Å². The van der Waals surface area contributed by atoms with Crippen molar-refractivity contribution in [1.29, 1.82) is 0 Å². The van der Waals surface area contributed by atoms with Crippen molar-refractivity contribution < 1.29 is 23.0 Å². The number of hydrogen-bond acceptors (Lipinski definition) is 5. The normalized spacial score (nSPS) is 19.8. The summed E-state index contributed by atoms with van der Waals surface area (Å²) in [4.78, 5) is 16.8. The maximum atomic E-state index is 13.5. The van der Waals surface area contributed by atoms with Gasteiger partial charge in [0.15, 0.2) is 0 Å². The fraction of sp³-hybridized carbons (Fsp3) is 0.500. The lowest BCUT2D eigenvalue weighted by Crippen LogP contribution is -2.32. The molecular formula is C18H22F2N4O3. The number of halogens is 2. The Balaban J connectivity index is 2.21. The van der Waals surface area contributed by atoms with E-state index in [4.69, 9.17) is 9.47 Å². The lowest BCUT2D eigenvalue weighted by Gasteiger charge is -2.31. The van der Waals surface area contributed by atoms with E-state index in [1.807, 2.05) is 0 Å². The molecule has 1 N–H and O–H groups in total. The molecule has 0 saturated carbocycles. The summed E-state index contributed by atoms with van der Waals surface area (Å²) in [7, 11) is 3.02. The van der Waals surface area contributed by atoms with E-state index in [2.05, 4.69) is 15.4 Å². The van der Waals surface area contributed by atoms with Crippen LogP contribution in [0.25, 0.3) is 11.3 Å². The number of hydrogen-bond donors (Lipinski definition) is 1. The van der Waals surface area contributed by atoms with Gasteiger partial charge in [0.1, 0.15) is 5.69 Å². The number of rotatable bonds is 3. The fourth-order valence-electron chi connectivity index (χ4n) is 3.33. The van der Waals surface area contributed by atoms with Crippen LogP contribution in [0.2, 0.25) is 0 Å². The first-order chi connectivity index (χ1) is 12.9. The van der Waals surface area contributed by atoms with E-state index in [1.165, 1.54) is 26.6 Å². The third-order valence-corrected chi connectivity index (χ3v) is 4.91. The van der Waals surface area contributed by atoms with Gasteiger partial charge in [-0.15, -0.1) is 0 Å². The molecular weight excluding hydrogens is 358 g/mol. The standard InChI is InChI=1S/C18H22F2N4O3/c1-11-5-4-7-18(26-2,27-3)14-9-12(6-8-21-14)15-13(23-16(11)25)10-22-24(15)17(19)20/h6,8-11,17H,4-5,7H2,1-3H3,(H,23,25). The minimum Gasteiger partial charge on any atom is -0.348 e. The molecule has 0 saturated heterocycles. The number of carbonyl (C=O) groups excluding carboxylic acids is 1. The van der Waals surface area contributed by atoms with Gasteiger partial charge in [0, 0.05) is 38.3 Å². The maximum Gasteiger partial charge on any atom is 0.333 e. The van der Waals surface area contributed by atoms with Crippen LogP contribution in [0.15, 0.2) is 24.5 Å². The minimum absolute atomic E-state index is 0.107. The molecule has 1 atom stereocenters. The molecule has 1 aliphatic heterocycles. The van der Waals surface area contributed by atoms with E-state index in [1.54, 1.807) is 19.1 Å². The Bertz CT molecular complexity index is 821. The predicted molar refractivity (Wildman–Crippen MR) is 94.1 cm³/mol. The largest absolute Gasteiger partial charge is 0.348 e. The zero-order chi connectivity index (χ0) is 19.6. The lowest BCUT2D eigenvalue weighted by atomic mass is 9.96. The fourth-order valence-corrected chi connectivity index (χ4v) is 3.33. The second-order valence-corrected chi connectivity index (χ2v) is 6.50. The molecule has 0 radical (unpaired) electrons. The second-order valence-electron chi connectivity index (χ2n) is 6.50. The number of nitrogens with one attached hydrogen (secondary N) is 1. The lowest BCUT2D eigenvalue weighted by molar-refractivity contribution is -0.223. The Labute approximate surface area is 155 Å². The maximum absolute atomic E-state index is 13.5. The Hall–Kier alpha value is -2.39. The molecule has 1 unspecified atom stereocenters. The van der Waals surface area contributed by atoms with Crippen molar-refractivity contribution >= 4 is 11.6 Å². The molecule has 1 amide bonds. The number of methoxy groups -OCH3 is 2. The van der Waals surface area contributed by atoms with Gasteiger partial charge in [0.25, 0.3) is 0 Å². The summed E-state index contributed by atoms with van der Waals surface area (Å²) in [6.07, 6.45) is 4.44. The third-order valence-electron chi connectivity index (χ3n) is 4.91. The van der Waals surface area contributed by atoms with E-state index in [0.29, 0.717) is 35.2 Å². The van der Waals surface area contributed by atoms with Crippen LogP contribution in [0.4, 0.5) is 14.5 Å². The molecule has 0 fully saturated rings. The molecule has 0 aromatic carbocycles. The van der Waals surface area contributed by atoms with Crippen LogP contribution in [0.3, 0.4) is 0 Å². The molecule has 146 valence electrons. The highest BCUT2D eigenvalue weighted by Crippen LogP contribution is 2.37. The van der Waals surface area contributed by atoms with Gasteiger partial charge in [0.05, 0.1) is 17.6 Å². The first-order valence-electron chi connectivity index (χ1n) is 8.65. The molecule has 1 aliphatic rings. The second kappa shape index (κ2) is 7.69. The number of alkyl halides is 2. The first kappa shape index (κ1) is 19.4. The van der Waals surface area contributed by atoms with E-state index < -0.39 is 12.3 Å². The van der Waals surface area contributed by atoms with Gasteiger partial charge in [-0.2, -0.15) is 13.9 Å². The van der Waals surface area contributed by atoms with Crippen LogP contribution < -0.4 is 5.32 Å². The van der Waals surface area contributed by atoms with Gasteiger partial charge in [-0.05, 0) is 25.0 Å². The molecule has 2 bridgehead atoms. The molecule has 3 rings (SSSR count). The number of anilines is 1. The van der Waals surface area contributed by atoms with Crippen molar-refractivity contribution in [2.75, 3.05) is 19.5 Å². The van der Waals surface area contributed by atoms with Crippen LogP contribution in [0.5, 0.6) is 0 Å². The number of fused-ring (bicyclic) bond motifs is 4. The minimum atomic E-state index is -2.86. The van der Waals surface area contributed by atoms with Crippen molar-refractivity contribution in [3.63, 3.8) is 0 Å². The van der Waals surface area contributed by atoms with Gasteiger partial charge < -0.3 is 14.8 Å². The van der Waals surface area contributed by atoms with Gasteiger partial charge in [-0.25, -0.2) is 4.68 Å². The highest BCUT2D eigenvalue weighted by Gasteiger charge is 2.35. The number of aromatic nitrogens is 3. The monoisotopic (exact) mass is 380 g/mol. The Kier molecular flexibility index (Phi) is 5.52. The summed E-state index contributed by atoms with van der Waals surface area (Å²) in [5, 5.41) is 6.47. The van der Waals surface area contributed by atoms with Crippen LogP contribution in [-0.2, 0) is 20.1 Å². The predicted octanol–water partition coefficient (Wildman–Crippen LogP) is 3.54. The zero-order valence-corrected chi connectivity index (χ0v) is 15.4. The summed E-state index contributed by atoms with van der Waals surface area (Å²) in [5.74, 6) is -1.69. The SMILES string of the molecule is COC1(OC)CCCC(C)C(=O)Nc2cnn(C(F)F)c2-c2ccnc1c2. The number of nitrogens with zero attached hydrogens (tertiary/aromatic N) is 3. The van der Waals surface area contributed by atoms with Crippen LogP contribution in [0.1, 0.15) is 38.4 Å². The molecule has 0 aliphatic carbocycles. The van der Waals surface area contributed by atoms with Crippen molar-refractivity contribution in [3.8, 4) is 11.3 Å². The van der Waals surface area contributed by atoms with Crippen molar-refractivity contribution in [1.82, 2.24) is 14.8 Å². The van der Waals surface area contributed by atoms with Crippen LogP contribution in [0, 0.1) is 5.92 Å². The Morgan fingerprint density at radius 2 is 2.11 bits per heavy atom. The molecule has 2 aromatic heterocycles. The first-order valence-corrected chi connectivity index (χ1v) is 8.65.